The minimum atomic E-state index is -0.970. The summed E-state index contributed by atoms with van der Waals surface area (Å²) in [6.07, 6.45) is -0.278. The molecule has 1 N–H and O–H groups in total. The number of rotatable bonds is 5. The molecule has 2 aromatic rings. The zero-order valence-corrected chi connectivity index (χ0v) is 17.0. The Morgan fingerprint density at radius 2 is 1.77 bits per heavy atom. The van der Waals surface area contributed by atoms with E-state index in [2.05, 4.69) is 0 Å². The molecule has 0 bridgehead atoms. The molecule has 0 spiro atoms. The summed E-state index contributed by atoms with van der Waals surface area (Å²) < 4.78 is 21.5. The largest absolute Gasteiger partial charge is 0.507 e. The van der Waals surface area contributed by atoms with Crippen LogP contribution in [0.25, 0.3) is 5.76 Å². The van der Waals surface area contributed by atoms with Crippen molar-refractivity contribution in [1.29, 1.82) is 0 Å². The first-order valence-corrected chi connectivity index (χ1v) is 9.62. The van der Waals surface area contributed by atoms with Gasteiger partial charge in [-0.3, -0.25) is 14.4 Å². The highest BCUT2D eigenvalue weighted by molar-refractivity contribution is 6.52. The van der Waals surface area contributed by atoms with Crippen molar-refractivity contribution < 1.29 is 38.4 Å². The monoisotopic (exact) mass is 424 g/mol. The summed E-state index contributed by atoms with van der Waals surface area (Å²) >= 11 is 0. The summed E-state index contributed by atoms with van der Waals surface area (Å²) in [6, 6.07) is 9.50. The lowest BCUT2D eigenvalue weighted by Gasteiger charge is -2.27. The molecule has 2 aliphatic rings. The number of ketones is 2. The van der Waals surface area contributed by atoms with Gasteiger partial charge in [-0.1, -0.05) is 24.3 Å². The van der Waals surface area contributed by atoms with Crippen LogP contribution in [0.2, 0.25) is 0 Å². The van der Waals surface area contributed by atoms with E-state index in [1.54, 1.807) is 30.3 Å². The molecule has 8 nitrogen and oxygen atoms in total. The Labute approximate surface area is 178 Å². The molecule has 160 valence electrons. The second-order valence-electron chi connectivity index (χ2n) is 7.05. The molecule has 1 heterocycles. The number of benzene rings is 2. The van der Waals surface area contributed by atoms with Crippen LogP contribution < -0.4 is 14.2 Å². The SMILES string of the molecule is COC(=O)CC(C1=C(O)c2ccccc2C(=O)C1=O)c1cc(OC)c2c(c1)OCCO2. The predicted molar refractivity (Wildman–Crippen MR) is 109 cm³/mol. The maximum Gasteiger partial charge on any atom is 0.306 e. The molecule has 0 saturated heterocycles. The number of ether oxygens (including phenoxy) is 4. The Kier molecular flexibility index (Phi) is 5.37. The fraction of sp³-hybridized carbons (Fsp3) is 0.261. The number of Topliss-reactive ketones (excluding diaryl/α,β-unsaturated/α-hetero) is 2. The molecule has 0 fully saturated rings. The van der Waals surface area contributed by atoms with Gasteiger partial charge in [0.2, 0.25) is 17.3 Å². The van der Waals surface area contributed by atoms with Gasteiger partial charge >= 0.3 is 5.97 Å². The summed E-state index contributed by atoms with van der Waals surface area (Å²) in [5, 5.41) is 11.0. The highest BCUT2D eigenvalue weighted by Crippen LogP contribution is 2.45. The molecule has 0 saturated carbocycles. The Morgan fingerprint density at radius 1 is 1.06 bits per heavy atom. The van der Waals surface area contributed by atoms with Gasteiger partial charge in [0.05, 0.1) is 26.2 Å². The van der Waals surface area contributed by atoms with Crippen LogP contribution in [0, 0.1) is 0 Å². The number of esters is 1. The molecule has 1 aliphatic heterocycles. The first-order valence-electron chi connectivity index (χ1n) is 9.62. The van der Waals surface area contributed by atoms with E-state index in [9.17, 15) is 19.5 Å². The summed E-state index contributed by atoms with van der Waals surface area (Å²) in [5.41, 5.74) is 0.619. The van der Waals surface area contributed by atoms with Gasteiger partial charge in [-0.05, 0) is 17.7 Å². The third-order valence-electron chi connectivity index (χ3n) is 5.33. The summed E-state index contributed by atoms with van der Waals surface area (Å²) in [5.74, 6) is -2.42. The van der Waals surface area contributed by atoms with Crippen molar-refractivity contribution in [2.75, 3.05) is 27.4 Å². The Hall–Kier alpha value is -3.81. The van der Waals surface area contributed by atoms with Crippen molar-refractivity contribution >= 4 is 23.3 Å². The fourth-order valence-electron chi connectivity index (χ4n) is 3.84. The van der Waals surface area contributed by atoms with E-state index in [1.807, 2.05) is 0 Å². The van der Waals surface area contributed by atoms with Gasteiger partial charge < -0.3 is 24.1 Å². The number of carbonyl (C=O) groups is 3. The Balaban J connectivity index is 1.92. The van der Waals surface area contributed by atoms with Gasteiger partial charge in [-0.25, -0.2) is 0 Å². The number of aliphatic hydroxyl groups excluding tert-OH is 1. The van der Waals surface area contributed by atoms with Crippen molar-refractivity contribution in [2.24, 2.45) is 0 Å². The van der Waals surface area contributed by atoms with Gasteiger partial charge in [-0.15, -0.1) is 0 Å². The smallest absolute Gasteiger partial charge is 0.306 e. The van der Waals surface area contributed by atoms with Crippen LogP contribution in [0.3, 0.4) is 0 Å². The lowest BCUT2D eigenvalue weighted by atomic mass is 9.78. The molecule has 0 amide bonds. The normalized spacial score (nSPS) is 15.9. The highest BCUT2D eigenvalue weighted by Gasteiger charge is 2.39. The van der Waals surface area contributed by atoms with E-state index in [0.717, 1.165) is 0 Å². The summed E-state index contributed by atoms with van der Waals surface area (Å²) in [4.78, 5) is 38.0. The second kappa shape index (κ2) is 8.14. The zero-order valence-electron chi connectivity index (χ0n) is 17.0. The van der Waals surface area contributed by atoms with Crippen molar-refractivity contribution in [1.82, 2.24) is 0 Å². The van der Waals surface area contributed by atoms with Gasteiger partial charge in [0.25, 0.3) is 0 Å². The van der Waals surface area contributed by atoms with Crippen LogP contribution >= 0.6 is 0 Å². The number of hydrogen-bond donors (Lipinski definition) is 1. The van der Waals surface area contributed by atoms with Crippen molar-refractivity contribution in [3.63, 3.8) is 0 Å². The minimum absolute atomic E-state index is 0.116. The maximum atomic E-state index is 13.0. The third-order valence-corrected chi connectivity index (χ3v) is 5.33. The number of carbonyl (C=O) groups excluding carboxylic acids is 3. The van der Waals surface area contributed by atoms with Gasteiger partial charge in [0, 0.05) is 17.0 Å². The number of aliphatic hydroxyl groups is 1. The second-order valence-corrected chi connectivity index (χ2v) is 7.05. The number of hydrogen-bond acceptors (Lipinski definition) is 8. The lowest BCUT2D eigenvalue weighted by Crippen LogP contribution is -2.28. The fourth-order valence-corrected chi connectivity index (χ4v) is 3.84. The van der Waals surface area contributed by atoms with Crippen LogP contribution in [0.15, 0.2) is 42.0 Å². The Bertz CT molecular complexity index is 1100. The van der Waals surface area contributed by atoms with Crippen LogP contribution in [-0.4, -0.2) is 50.1 Å². The molecule has 2 aromatic carbocycles. The highest BCUT2D eigenvalue weighted by atomic mass is 16.6. The van der Waals surface area contributed by atoms with Crippen LogP contribution in [0.1, 0.15) is 33.8 Å². The Morgan fingerprint density at radius 3 is 2.48 bits per heavy atom. The van der Waals surface area contributed by atoms with E-state index in [-0.39, 0.29) is 28.9 Å². The number of allylic oxidation sites excluding steroid dienone is 1. The predicted octanol–water partition coefficient (Wildman–Crippen LogP) is 2.85. The van der Waals surface area contributed by atoms with Crippen LogP contribution in [0.4, 0.5) is 0 Å². The van der Waals surface area contributed by atoms with E-state index in [4.69, 9.17) is 18.9 Å². The van der Waals surface area contributed by atoms with Crippen molar-refractivity contribution in [2.45, 2.75) is 12.3 Å². The summed E-state index contributed by atoms with van der Waals surface area (Å²) in [7, 11) is 2.68. The molecular weight excluding hydrogens is 404 g/mol. The third kappa shape index (κ3) is 3.50. The molecule has 8 heteroatoms. The molecule has 1 atom stereocenters. The van der Waals surface area contributed by atoms with E-state index >= 15 is 0 Å². The molecule has 0 radical (unpaired) electrons. The quantitative estimate of drug-likeness (QED) is 0.577. The van der Waals surface area contributed by atoms with E-state index in [0.29, 0.717) is 36.0 Å². The molecule has 4 rings (SSSR count). The molecule has 31 heavy (non-hydrogen) atoms. The average Bonchev–Trinajstić information content (AvgIpc) is 2.81. The van der Waals surface area contributed by atoms with Crippen LogP contribution in [-0.2, 0) is 14.3 Å². The van der Waals surface area contributed by atoms with Crippen LogP contribution in [0.5, 0.6) is 17.2 Å². The maximum absolute atomic E-state index is 13.0. The first kappa shape index (κ1) is 20.5. The number of methoxy groups -OCH3 is 2. The van der Waals surface area contributed by atoms with E-state index < -0.39 is 23.5 Å². The molecule has 1 aliphatic carbocycles. The minimum Gasteiger partial charge on any atom is -0.507 e. The van der Waals surface area contributed by atoms with Gasteiger partial charge in [-0.2, -0.15) is 0 Å². The average molecular weight is 424 g/mol. The standard InChI is InChI=1S/C23H20O8/c1-28-16-9-12(10-17-23(16)31-8-7-30-17)15(11-18(24)29-2)19-20(25)13-5-3-4-6-14(13)21(26)22(19)27/h3-6,9-10,15,25H,7-8,11H2,1-2H3. The summed E-state index contributed by atoms with van der Waals surface area (Å²) in [6.45, 7) is 0.671. The molecule has 1 unspecified atom stereocenters. The van der Waals surface area contributed by atoms with E-state index in [1.165, 1.54) is 20.3 Å². The van der Waals surface area contributed by atoms with Gasteiger partial charge in [0.1, 0.15) is 19.0 Å². The number of fused-ring (bicyclic) bond motifs is 2. The topological polar surface area (TPSA) is 108 Å². The zero-order chi connectivity index (χ0) is 22.1. The lowest BCUT2D eigenvalue weighted by molar-refractivity contribution is -0.140. The van der Waals surface area contributed by atoms with Gasteiger partial charge in [0.15, 0.2) is 11.5 Å². The van der Waals surface area contributed by atoms with Crippen molar-refractivity contribution in [3.05, 3.63) is 58.7 Å². The first-order chi connectivity index (χ1) is 15.0. The molecule has 0 aromatic heterocycles. The van der Waals surface area contributed by atoms with Crippen molar-refractivity contribution in [3.8, 4) is 17.2 Å². The molecular formula is C23H20O8.